The van der Waals surface area contributed by atoms with Gasteiger partial charge in [-0.25, -0.2) is 4.39 Å². The van der Waals surface area contributed by atoms with Crippen LogP contribution < -0.4 is 10.6 Å². The number of likely N-dealkylation sites (tertiary alicyclic amines) is 1. The molecular formula is C24H35FN4O3. The number of H-pyrrole nitrogens is 1. The highest BCUT2D eigenvalue weighted by atomic mass is 19.1. The van der Waals surface area contributed by atoms with E-state index in [9.17, 15) is 19.1 Å². The van der Waals surface area contributed by atoms with Crippen molar-refractivity contribution in [3.05, 3.63) is 35.8 Å². The Morgan fingerprint density at radius 2 is 2.09 bits per heavy atom. The van der Waals surface area contributed by atoms with Crippen LogP contribution in [0, 0.1) is 11.2 Å². The van der Waals surface area contributed by atoms with Crippen molar-refractivity contribution in [1.29, 1.82) is 0 Å². The Labute approximate surface area is 188 Å². The molecule has 0 radical (unpaired) electrons. The lowest BCUT2D eigenvalue weighted by molar-refractivity contribution is -0.139. The van der Waals surface area contributed by atoms with Gasteiger partial charge >= 0.3 is 0 Å². The molecule has 4 N–H and O–H groups in total. The number of carbonyl (C=O) groups excluding carboxylic acids is 2. The summed E-state index contributed by atoms with van der Waals surface area (Å²) in [6.45, 7) is 8.17. The number of nitrogens with zero attached hydrogens (tertiary/aromatic N) is 1. The highest BCUT2D eigenvalue weighted by molar-refractivity contribution is 5.90. The van der Waals surface area contributed by atoms with Gasteiger partial charge in [0.05, 0.1) is 12.6 Å². The van der Waals surface area contributed by atoms with Gasteiger partial charge in [0.15, 0.2) is 0 Å². The first-order valence-electron chi connectivity index (χ1n) is 11.3. The predicted molar refractivity (Wildman–Crippen MR) is 123 cm³/mol. The van der Waals surface area contributed by atoms with Crippen LogP contribution in [0.3, 0.4) is 0 Å². The number of fused-ring (bicyclic) bond motifs is 1. The zero-order valence-electron chi connectivity index (χ0n) is 19.5. The Balaban J connectivity index is 1.94. The predicted octanol–water partition coefficient (Wildman–Crippen LogP) is 2.51. The molecule has 1 aliphatic rings. The fourth-order valence-corrected chi connectivity index (χ4v) is 4.98. The standard InChI is InChI=1S/C24H35FN4O3/c1-6-16(18-12-27-19-11-15(25)7-8-17(18)19)21-24(3,4)9-10-29(21)23(32)20(13-30)28-22(31)14(2)26-5/h7-8,11-12,14,16,20-21,26-27,30H,6,9-10,13H2,1-5H3,(H,28,31)/t14-,16+,20-,21?/m0/s1. The molecule has 1 aromatic heterocycles. The number of carbonyl (C=O) groups is 2. The number of aliphatic hydroxyl groups excluding tert-OH is 1. The molecule has 0 bridgehead atoms. The third-order valence-electron chi connectivity index (χ3n) is 6.94. The van der Waals surface area contributed by atoms with Crippen LogP contribution in [-0.4, -0.2) is 65.1 Å². The van der Waals surface area contributed by atoms with Gasteiger partial charge in [0.1, 0.15) is 11.9 Å². The van der Waals surface area contributed by atoms with Crippen molar-refractivity contribution in [2.75, 3.05) is 20.2 Å². The molecule has 0 saturated carbocycles. The molecule has 1 saturated heterocycles. The van der Waals surface area contributed by atoms with Gasteiger partial charge in [0.2, 0.25) is 11.8 Å². The molecule has 7 nitrogen and oxygen atoms in total. The van der Waals surface area contributed by atoms with Gasteiger partial charge in [-0.15, -0.1) is 0 Å². The number of amides is 2. The third kappa shape index (κ3) is 4.52. The third-order valence-corrected chi connectivity index (χ3v) is 6.94. The van der Waals surface area contributed by atoms with Crippen molar-refractivity contribution in [2.45, 2.75) is 64.6 Å². The van der Waals surface area contributed by atoms with Crippen LogP contribution in [0.25, 0.3) is 10.9 Å². The number of benzene rings is 1. The molecule has 1 aliphatic heterocycles. The van der Waals surface area contributed by atoms with Crippen molar-refractivity contribution in [2.24, 2.45) is 5.41 Å². The van der Waals surface area contributed by atoms with Crippen molar-refractivity contribution in [1.82, 2.24) is 20.5 Å². The summed E-state index contributed by atoms with van der Waals surface area (Å²) in [5.41, 5.74) is 1.62. The lowest BCUT2D eigenvalue weighted by atomic mass is 9.74. The fraction of sp³-hybridized carbons (Fsp3) is 0.583. The fourth-order valence-electron chi connectivity index (χ4n) is 4.98. The van der Waals surface area contributed by atoms with Crippen LogP contribution in [-0.2, 0) is 9.59 Å². The summed E-state index contributed by atoms with van der Waals surface area (Å²) in [6.07, 6.45) is 3.51. The maximum atomic E-state index is 13.7. The second-order valence-electron chi connectivity index (χ2n) is 9.42. The first-order valence-corrected chi connectivity index (χ1v) is 11.3. The minimum absolute atomic E-state index is 0.0157. The summed E-state index contributed by atoms with van der Waals surface area (Å²) in [5.74, 6) is -0.888. The second kappa shape index (κ2) is 9.58. The van der Waals surface area contributed by atoms with E-state index in [2.05, 4.69) is 36.4 Å². The molecule has 1 fully saturated rings. The van der Waals surface area contributed by atoms with E-state index in [1.807, 2.05) is 11.1 Å². The van der Waals surface area contributed by atoms with Crippen molar-refractivity contribution in [3.63, 3.8) is 0 Å². The van der Waals surface area contributed by atoms with Gasteiger partial charge < -0.3 is 25.6 Å². The molecule has 8 heteroatoms. The Hall–Kier alpha value is -2.45. The smallest absolute Gasteiger partial charge is 0.247 e. The number of hydrogen-bond acceptors (Lipinski definition) is 4. The maximum absolute atomic E-state index is 13.7. The van der Waals surface area contributed by atoms with Gasteiger partial charge in [-0.3, -0.25) is 9.59 Å². The van der Waals surface area contributed by atoms with Gasteiger partial charge in [0, 0.05) is 35.6 Å². The van der Waals surface area contributed by atoms with E-state index in [1.54, 1.807) is 20.0 Å². The van der Waals surface area contributed by atoms with E-state index in [1.165, 1.54) is 12.1 Å². The van der Waals surface area contributed by atoms with Gasteiger partial charge in [0.25, 0.3) is 0 Å². The van der Waals surface area contributed by atoms with Crippen molar-refractivity contribution >= 4 is 22.7 Å². The minimum Gasteiger partial charge on any atom is -0.394 e. The summed E-state index contributed by atoms with van der Waals surface area (Å²) < 4.78 is 13.7. The summed E-state index contributed by atoms with van der Waals surface area (Å²) >= 11 is 0. The maximum Gasteiger partial charge on any atom is 0.247 e. The lowest BCUT2D eigenvalue weighted by Crippen LogP contribution is -2.56. The van der Waals surface area contributed by atoms with Crippen LogP contribution in [0.15, 0.2) is 24.4 Å². The number of halogens is 1. The van der Waals surface area contributed by atoms with Gasteiger partial charge in [-0.05, 0) is 56.0 Å². The first-order chi connectivity index (χ1) is 15.1. The average Bonchev–Trinajstić information content (AvgIpc) is 3.32. The second-order valence-corrected chi connectivity index (χ2v) is 9.42. The van der Waals surface area contributed by atoms with Gasteiger partial charge in [-0.1, -0.05) is 20.8 Å². The van der Waals surface area contributed by atoms with E-state index in [0.29, 0.717) is 6.54 Å². The number of hydrogen-bond donors (Lipinski definition) is 4. The summed E-state index contributed by atoms with van der Waals surface area (Å²) in [5, 5.41) is 16.4. The molecule has 0 aliphatic carbocycles. The van der Waals surface area contributed by atoms with Crippen molar-refractivity contribution in [3.8, 4) is 0 Å². The number of aliphatic hydroxyl groups is 1. The highest BCUT2D eigenvalue weighted by Crippen LogP contribution is 2.46. The molecular weight excluding hydrogens is 411 g/mol. The average molecular weight is 447 g/mol. The Morgan fingerprint density at radius 3 is 2.72 bits per heavy atom. The molecule has 176 valence electrons. The minimum atomic E-state index is -0.996. The highest BCUT2D eigenvalue weighted by Gasteiger charge is 2.48. The van der Waals surface area contributed by atoms with Gasteiger partial charge in [-0.2, -0.15) is 0 Å². The number of aromatic amines is 1. The molecule has 1 unspecified atom stereocenters. The molecule has 2 heterocycles. The van der Waals surface area contributed by atoms with Crippen LogP contribution in [0.1, 0.15) is 52.0 Å². The normalized spacial score (nSPS) is 20.8. The number of nitrogens with one attached hydrogen (secondary N) is 3. The van der Waals surface area contributed by atoms with Crippen LogP contribution >= 0.6 is 0 Å². The molecule has 1 aromatic carbocycles. The number of rotatable bonds is 8. The quantitative estimate of drug-likeness (QED) is 0.501. The van der Waals surface area contributed by atoms with E-state index in [-0.39, 0.29) is 35.0 Å². The molecule has 32 heavy (non-hydrogen) atoms. The van der Waals surface area contributed by atoms with Crippen LogP contribution in [0.2, 0.25) is 0 Å². The van der Waals surface area contributed by atoms with Crippen LogP contribution in [0.5, 0.6) is 0 Å². The van der Waals surface area contributed by atoms with E-state index in [0.717, 1.165) is 29.3 Å². The summed E-state index contributed by atoms with van der Waals surface area (Å²) in [4.78, 5) is 30.8. The topological polar surface area (TPSA) is 97.5 Å². The molecule has 2 aromatic rings. The number of aromatic nitrogens is 1. The zero-order valence-corrected chi connectivity index (χ0v) is 19.5. The largest absolute Gasteiger partial charge is 0.394 e. The number of likely N-dealkylation sites (N-methyl/N-ethyl adjacent to an activating group) is 1. The molecule has 0 spiro atoms. The Bertz CT molecular complexity index is 973. The Morgan fingerprint density at radius 1 is 1.38 bits per heavy atom. The molecule has 3 rings (SSSR count). The van der Waals surface area contributed by atoms with E-state index < -0.39 is 18.7 Å². The van der Waals surface area contributed by atoms with Crippen LogP contribution in [0.4, 0.5) is 4.39 Å². The summed E-state index contributed by atoms with van der Waals surface area (Å²) in [7, 11) is 1.66. The van der Waals surface area contributed by atoms with E-state index in [4.69, 9.17) is 0 Å². The van der Waals surface area contributed by atoms with E-state index >= 15 is 0 Å². The SMILES string of the molecule is CC[C@H](c1c[nH]c2cc(F)ccc12)C1N(C(=O)[C@H](CO)NC(=O)[C@H](C)NC)CCC1(C)C. The molecule has 2 amide bonds. The Kier molecular flexibility index (Phi) is 7.25. The molecule has 4 atom stereocenters. The monoisotopic (exact) mass is 446 g/mol. The zero-order chi connectivity index (χ0) is 23.6. The van der Waals surface area contributed by atoms with Crippen molar-refractivity contribution < 1.29 is 19.1 Å². The lowest BCUT2D eigenvalue weighted by Gasteiger charge is -2.40. The first kappa shape index (κ1) is 24.2. The summed E-state index contributed by atoms with van der Waals surface area (Å²) in [6, 6.07) is 3.12.